The van der Waals surface area contributed by atoms with Crippen LogP contribution in [0.25, 0.3) is 10.1 Å². The normalized spacial score (nSPS) is 22.7. The Kier molecular flexibility index (Phi) is 3.82. The van der Waals surface area contributed by atoms with E-state index in [1.165, 1.54) is 11.3 Å². The number of piperidine rings is 1. The first-order valence-corrected chi connectivity index (χ1v) is 8.11. The van der Waals surface area contributed by atoms with Crippen LogP contribution in [0.5, 0.6) is 0 Å². The Labute approximate surface area is 132 Å². The molecule has 1 aliphatic rings. The Hall–Kier alpha value is -1.30. The van der Waals surface area contributed by atoms with Crippen LogP contribution in [0.1, 0.15) is 23.0 Å². The van der Waals surface area contributed by atoms with Crippen LogP contribution in [0.3, 0.4) is 0 Å². The third-order valence-electron chi connectivity index (χ3n) is 4.03. The number of nitrogen functional groups attached to an aromatic ring is 1. The third-order valence-corrected chi connectivity index (χ3v) is 5.42. The third kappa shape index (κ3) is 2.61. The summed E-state index contributed by atoms with van der Waals surface area (Å²) in [6.45, 7) is 3.09. The summed E-state index contributed by atoms with van der Waals surface area (Å²) in [7, 11) is 0. The van der Waals surface area contributed by atoms with Gasteiger partial charge in [-0.15, -0.1) is 11.3 Å². The summed E-state index contributed by atoms with van der Waals surface area (Å²) < 4.78 is 0.924. The summed E-state index contributed by atoms with van der Waals surface area (Å²) in [4.78, 5) is 15.0. The number of anilines is 1. The zero-order chi connectivity index (χ0) is 15.1. The largest absolute Gasteiger partial charge is 0.397 e. The summed E-state index contributed by atoms with van der Waals surface area (Å²) in [5.41, 5.74) is 6.65. The highest BCUT2D eigenvalue weighted by Gasteiger charge is 2.29. The van der Waals surface area contributed by atoms with Gasteiger partial charge in [0.15, 0.2) is 0 Å². The maximum absolute atomic E-state index is 12.7. The van der Waals surface area contributed by atoms with E-state index in [0.717, 1.165) is 10.1 Å². The van der Waals surface area contributed by atoms with Gasteiger partial charge < -0.3 is 15.7 Å². The van der Waals surface area contributed by atoms with E-state index in [1.54, 1.807) is 11.0 Å². The van der Waals surface area contributed by atoms with Crippen LogP contribution in [0.15, 0.2) is 18.2 Å². The lowest BCUT2D eigenvalue weighted by atomic mass is 9.96. The SMILES string of the molecule is CC1CN(C(=O)c2sc3cc(Cl)ccc3c2N)CCC1O. The van der Waals surface area contributed by atoms with Crippen molar-refractivity contribution in [2.75, 3.05) is 18.8 Å². The zero-order valence-corrected chi connectivity index (χ0v) is 13.2. The lowest BCUT2D eigenvalue weighted by molar-refractivity contribution is 0.0301. The van der Waals surface area contributed by atoms with Crippen molar-refractivity contribution in [3.8, 4) is 0 Å². The first-order valence-electron chi connectivity index (χ1n) is 6.92. The molecule has 0 bridgehead atoms. The molecule has 0 radical (unpaired) electrons. The molecule has 0 spiro atoms. The second-order valence-corrected chi connectivity index (χ2v) is 7.06. The molecule has 3 rings (SSSR count). The molecule has 1 saturated heterocycles. The number of hydrogen-bond donors (Lipinski definition) is 2. The van der Waals surface area contributed by atoms with Gasteiger partial charge in [0.25, 0.3) is 5.91 Å². The second-order valence-electron chi connectivity index (χ2n) is 5.57. The van der Waals surface area contributed by atoms with Crippen LogP contribution in [-0.4, -0.2) is 35.1 Å². The van der Waals surface area contributed by atoms with E-state index in [1.807, 2.05) is 19.1 Å². The molecule has 112 valence electrons. The predicted molar refractivity (Wildman–Crippen MR) is 86.9 cm³/mol. The summed E-state index contributed by atoms with van der Waals surface area (Å²) in [6.07, 6.45) is 0.288. The number of carbonyl (C=O) groups is 1. The summed E-state index contributed by atoms with van der Waals surface area (Å²) in [6, 6.07) is 5.46. The minimum Gasteiger partial charge on any atom is -0.397 e. The highest BCUT2D eigenvalue weighted by atomic mass is 35.5. The van der Waals surface area contributed by atoms with Gasteiger partial charge in [-0.25, -0.2) is 0 Å². The van der Waals surface area contributed by atoms with Crippen LogP contribution in [0, 0.1) is 5.92 Å². The van der Waals surface area contributed by atoms with Gasteiger partial charge in [0, 0.05) is 28.2 Å². The molecule has 0 aliphatic carbocycles. The quantitative estimate of drug-likeness (QED) is 0.847. The molecule has 1 fully saturated rings. The van der Waals surface area contributed by atoms with E-state index in [4.69, 9.17) is 17.3 Å². The number of amides is 1. The zero-order valence-electron chi connectivity index (χ0n) is 11.7. The van der Waals surface area contributed by atoms with Gasteiger partial charge in [-0.2, -0.15) is 0 Å². The van der Waals surface area contributed by atoms with E-state index >= 15 is 0 Å². The fourth-order valence-electron chi connectivity index (χ4n) is 2.71. The smallest absolute Gasteiger partial charge is 0.266 e. The fraction of sp³-hybridized carbons (Fsp3) is 0.400. The Morgan fingerprint density at radius 1 is 1.52 bits per heavy atom. The minimum absolute atomic E-state index is 0.0522. The molecule has 6 heteroatoms. The molecule has 21 heavy (non-hydrogen) atoms. The van der Waals surface area contributed by atoms with E-state index < -0.39 is 0 Å². The molecule has 1 aromatic carbocycles. The average Bonchev–Trinajstić information content (AvgIpc) is 2.77. The van der Waals surface area contributed by atoms with Crippen LogP contribution < -0.4 is 5.73 Å². The molecule has 2 atom stereocenters. The number of benzene rings is 1. The topological polar surface area (TPSA) is 66.6 Å². The van der Waals surface area contributed by atoms with Gasteiger partial charge in [-0.3, -0.25) is 4.79 Å². The number of fused-ring (bicyclic) bond motifs is 1. The molecule has 4 nitrogen and oxygen atoms in total. The van der Waals surface area contributed by atoms with E-state index in [0.29, 0.717) is 35.1 Å². The van der Waals surface area contributed by atoms with Gasteiger partial charge in [0.2, 0.25) is 0 Å². The van der Waals surface area contributed by atoms with Crippen molar-refractivity contribution >= 4 is 44.6 Å². The van der Waals surface area contributed by atoms with Gasteiger partial charge in [0.1, 0.15) is 4.88 Å². The number of likely N-dealkylation sites (tertiary alicyclic amines) is 1. The van der Waals surface area contributed by atoms with Gasteiger partial charge in [0.05, 0.1) is 11.8 Å². The lowest BCUT2D eigenvalue weighted by Gasteiger charge is -2.34. The van der Waals surface area contributed by atoms with Crippen molar-refractivity contribution in [2.24, 2.45) is 5.92 Å². The number of nitrogens with two attached hydrogens (primary N) is 1. The summed E-state index contributed by atoms with van der Waals surface area (Å²) in [5, 5.41) is 11.3. The summed E-state index contributed by atoms with van der Waals surface area (Å²) >= 11 is 7.37. The number of aliphatic hydroxyl groups is 1. The number of carbonyl (C=O) groups excluding carboxylic acids is 1. The Bertz CT molecular complexity index is 700. The van der Waals surface area contributed by atoms with Crippen LogP contribution in [0.4, 0.5) is 5.69 Å². The van der Waals surface area contributed by atoms with Crippen molar-refractivity contribution in [1.29, 1.82) is 0 Å². The molecule has 1 aliphatic heterocycles. The van der Waals surface area contributed by atoms with E-state index in [2.05, 4.69) is 0 Å². The van der Waals surface area contributed by atoms with Crippen molar-refractivity contribution < 1.29 is 9.90 Å². The predicted octanol–water partition coefficient (Wildman–Crippen LogP) is 2.98. The Morgan fingerprint density at radius 2 is 2.29 bits per heavy atom. The number of aliphatic hydroxyl groups excluding tert-OH is 1. The van der Waals surface area contributed by atoms with E-state index in [-0.39, 0.29) is 17.9 Å². The maximum Gasteiger partial charge on any atom is 0.266 e. The lowest BCUT2D eigenvalue weighted by Crippen LogP contribution is -2.44. The molecule has 1 amide bonds. The first-order chi connectivity index (χ1) is 9.97. The number of halogens is 1. The van der Waals surface area contributed by atoms with Gasteiger partial charge in [-0.1, -0.05) is 18.5 Å². The Balaban J connectivity index is 1.93. The average molecular weight is 325 g/mol. The Morgan fingerprint density at radius 3 is 3.00 bits per heavy atom. The molecule has 1 aromatic heterocycles. The van der Waals surface area contributed by atoms with Crippen molar-refractivity contribution in [1.82, 2.24) is 4.90 Å². The van der Waals surface area contributed by atoms with Crippen LogP contribution in [0.2, 0.25) is 5.02 Å². The van der Waals surface area contributed by atoms with Crippen molar-refractivity contribution in [3.05, 3.63) is 28.1 Å². The molecule has 3 N–H and O–H groups in total. The van der Waals surface area contributed by atoms with Crippen LogP contribution >= 0.6 is 22.9 Å². The standard InChI is InChI=1S/C15H17ClN2O2S/c1-8-7-18(5-4-11(8)19)15(20)14-13(17)10-3-2-9(16)6-12(10)21-14/h2-3,6,8,11,19H,4-5,7,17H2,1H3. The molecular formula is C15H17ClN2O2S. The first kappa shape index (κ1) is 14.6. The van der Waals surface area contributed by atoms with Gasteiger partial charge in [-0.05, 0) is 30.5 Å². The molecule has 2 unspecified atom stereocenters. The summed E-state index contributed by atoms with van der Waals surface area (Å²) in [5.74, 6) is 0.0383. The van der Waals surface area contributed by atoms with Crippen molar-refractivity contribution in [3.63, 3.8) is 0 Å². The molecular weight excluding hydrogens is 308 g/mol. The number of thiophene rings is 1. The molecule has 0 saturated carbocycles. The van der Waals surface area contributed by atoms with E-state index in [9.17, 15) is 9.90 Å². The molecule has 2 aromatic rings. The van der Waals surface area contributed by atoms with Gasteiger partial charge >= 0.3 is 0 Å². The fourth-order valence-corrected chi connectivity index (χ4v) is 4.08. The maximum atomic E-state index is 12.7. The number of hydrogen-bond acceptors (Lipinski definition) is 4. The highest BCUT2D eigenvalue weighted by Crippen LogP contribution is 2.36. The second kappa shape index (κ2) is 5.48. The minimum atomic E-state index is -0.326. The van der Waals surface area contributed by atoms with Crippen molar-refractivity contribution in [2.45, 2.75) is 19.4 Å². The highest BCUT2D eigenvalue weighted by molar-refractivity contribution is 7.21. The number of rotatable bonds is 1. The molecule has 2 heterocycles. The monoisotopic (exact) mass is 324 g/mol. The number of nitrogens with zero attached hydrogens (tertiary/aromatic N) is 1. The van der Waals surface area contributed by atoms with Crippen LogP contribution in [-0.2, 0) is 0 Å².